The smallest absolute Gasteiger partial charge is 0.246 e. The van der Waals surface area contributed by atoms with Crippen LogP contribution in [0.5, 0.6) is 0 Å². The number of aliphatic hydroxyl groups excluding tert-OH is 1. The normalized spacial score (nSPS) is 13.5. The van der Waals surface area contributed by atoms with E-state index in [0.717, 1.165) is 28.6 Å². The lowest BCUT2D eigenvalue weighted by atomic mass is 10.2. The van der Waals surface area contributed by atoms with Crippen LogP contribution in [0.15, 0.2) is 59.5 Å². The molecule has 0 fully saturated rings. The molecule has 1 N–H and O–H groups in total. The second-order valence-electron chi connectivity index (χ2n) is 5.34. The van der Waals surface area contributed by atoms with Crippen LogP contribution in [0.25, 0.3) is 0 Å². The van der Waals surface area contributed by atoms with Gasteiger partial charge in [-0.3, -0.25) is 4.79 Å². The summed E-state index contributed by atoms with van der Waals surface area (Å²) in [6, 6.07) is 17.8. The number of carbonyl (C=O) groups is 1. The molecule has 0 saturated carbocycles. The van der Waals surface area contributed by atoms with Crippen LogP contribution in [0, 0.1) is 0 Å². The molecule has 0 aromatic heterocycles. The molecule has 1 aliphatic rings. The van der Waals surface area contributed by atoms with Crippen LogP contribution in [0.2, 0.25) is 0 Å². The lowest BCUT2D eigenvalue weighted by Crippen LogP contribution is -2.43. The van der Waals surface area contributed by atoms with Gasteiger partial charge in [-0.1, -0.05) is 30.3 Å². The monoisotopic (exact) mass is 328 g/mol. The zero-order chi connectivity index (χ0) is 16.1. The molecule has 3 rings (SSSR count). The predicted octanol–water partition coefficient (Wildman–Crippen LogP) is 2.62. The van der Waals surface area contributed by atoms with Crippen molar-refractivity contribution in [2.75, 3.05) is 41.8 Å². The van der Waals surface area contributed by atoms with Crippen LogP contribution in [-0.2, 0) is 4.79 Å². The van der Waals surface area contributed by atoms with E-state index < -0.39 is 0 Å². The van der Waals surface area contributed by atoms with E-state index in [1.165, 1.54) is 0 Å². The summed E-state index contributed by atoms with van der Waals surface area (Å²) in [5, 5.41) is 9.31. The quantitative estimate of drug-likeness (QED) is 0.916. The summed E-state index contributed by atoms with van der Waals surface area (Å²) in [7, 11) is 0. The summed E-state index contributed by atoms with van der Waals surface area (Å²) < 4.78 is 0. The van der Waals surface area contributed by atoms with E-state index in [0.29, 0.717) is 6.54 Å². The molecule has 4 nitrogen and oxygen atoms in total. The molecule has 0 unspecified atom stereocenters. The Labute approximate surface area is 140 Å². The van der Waals surface area contributed by atoms with Gasteiger partial charge in [-0.15, -0.1) is 11.8 Å². The molecule has 0 radical (unpaired) electrons. The van der Waals surface area contributed by atoms with Gasteiger partial charge in [0, 0.05) is 29.4 Å². The lowest BCUT2D eigenvalue weighted by molar-refractivity contribution is -0.117. The first-order valence-electron chi connectivity index (χ1n) is 7.72. The van der Waals surface area contributed by atoms with Crippen molar-refractivity contribution in [3.8, 4) is 0 Å². The van der Waals surface area contributed by atoms with Gasteiger partial charge in [0.05, 0.1) is 18.8 Å². The molecule has 5 heteroatoms. The molecule has 1 heterocycles. The fourth-order valence-corrected chi connectivity index (χ4v) is 3.73. The third-order valence-corrected chi connectivity index (χ3v) is 4.89. The van der Waals surface area contributed by atoms with Crippen LogP contribution in [0.3, 0.4) is 0 Å². The fraction of sp³-hybridized carbons (Fsp3) is 0.278. The number of carbonyl (C=O) groups excluding carboxylic acids is 1. The maximum Gasteiger partial charge on any atom is 0.246 e. The average molecular weight is 328 g/mol. The molecular formula is C18H20N2O2S. The molecule has 1 amide bonds. The number of anilines is 2. The Kier molecular flexibility index (Phi) is 5.20. The van der Waals surface area contributed by atoms with E-state index >= 15 is 0 Å². The molecule has 2 aromatic carbocycles. The van der Waals surface area contributed by atoms with E-state index in [2.05, 4.69) is 6.07 Å². The van der Waals surface area contributed by atoms with Gasteiger partial charge in [0.25, 0.3) is 0 Å². The average Bonchev–Trinajstić information content (AvgIpc) is 2.61. The highest BCUT2D eigenvalue weighted by molar-refractivity contribution is 7.99. The molecule has 23 heavy (non-hydrogen) atoms. The topological polar surface area (TPSA) is 43.8 Å². The zero-order valence-corrected chi connectivity index (χ0v) is 13.7. The Balaban J connectivity index is 1.78. The Morgan fingerprint density at radius 2 is 1.87 bits per heavy atom. The number of benzene rings is 2. The number of hydrogen-bond donors (Lipinski definition) is 1. The number of rotatable bonds is 5. The predicted molar refractivity (Wildman–Crippen MR) is 95.3 cm³/mol. The molecule has 1 aliphatic heterocycles. The summed E-state index contributed by atoms with van der Waals surface area (Å²) in [6.45, 7) is 1.46. The van der Waals surface area contributed by atoms with Gasteiger partial charge in [-0.05, 0) is 24.3 Å². The van der Waals surface area contributed by atoms with E-state index in [4.69, 9.17) is 0 Å². The minimum atomic E-state index is 0.0224. The lowest BCUT2D eigenvalue weighted by Gasteiger charge is -2.32. The number of hydrogen-bond acceptors (Lipinski definition) is 4. The van der Waals surface area contributed by atoms with E-state index in [9.17, 15) is 9.90 Å². The summed E-state index contributed by atoms with van der Waals surface area (Å²) in [6.07, 6.45) is 0. The van der Waals surface area contributed by atoms with Crippen LogP contribution in [0.4, 0.5) is 11.4 Å². The molecule has 0 saturated heterocycles. The van der Waals surface area contributed by atoms with Crippen molar-refractivity contribution < 1.29 is 9.90 Å². The van der Waals surface area contributed by atoms with Crippen molar-refractivity contribution in [1.29, 1.82) is 0 Å². The van der Waals surface area contributed by atoms with Gasteiger partial charge >= 0.3 is 0 Å². The first-order chi connectivity index (χ1) is 11.3. The third-order valence-electron chi connectivity index (χ3n) is 3.85. The third kappa shape index (κ3) is 3.68. The number of thioether (sulfide) groups is 1. The molecule has 0 bridgehead atoms. The van der Waals surface area contributed by atoms with Gasteiger partial charge < -0.3 is 14.9 Å². The largest absolute Gasteiger partial charge is 0.395 e. The fourth-order valence-electron chi connectivity index (χ4n) is 2.74. The highest BCUT2D eigenvalue weighted by Crippen LogP contribution is 2.34. The van der Waals surface area contributed by atoms with Gasteiger partial charge in [0.15, 0.2) is 0 Å². The van der Waals surface area contributed by atoms with E-state index in [1.807, 2.05) is 58.3 Å². The first-order valence-corrected chi connectivity index (χ1v) is 8.71. The maximum absolute atomic E-state index is 12.8. The van der Waals surface area contributed by atoms with Crippen LogP contribution in [0.1, 0.15) is 0 Å². The van der Waals surface area contributed by atoms with Crippen LogP contribution >= 0.6 is 11.8 Å². The Hall–Kier alpha value is -1.98. The molecule has 0 aliphatic carbocycles. The zero-order valence-electron chi connectivity index (χ0n) is 12.9. The Morgan fingerprint density at radius 3 is 2.65 bits per heavy atom. The second kappa shape index (κ2) is 7.53. The van der Waals surface area contributed by atoms with Crippen LogP contribution in [-0.4, -0.2) is 43.0 Å². The van der Waals surface area contributed by atoms with Crippen molar-refractivity contribution in [3.63, 3.8) is 0 Å². The van der Waals surface area contributed by atoms with Gasteiger partial charge in [-0.2, -0.15) is 0 Å². The standard InChI is InChI=1S/C18H20N2O2S/c21-12-10-19(15-6-2-1-3-7-15)14-18(22)20-11-13-23-17-9-5-4-8-16(17)20/h1-9,21H,10-14H2. The highest BCUT2D eigenvalue weighted by atomic mass is 32.2. The minimum Gasteiger partial charge on any atom is -0.395 e. The summed E-state index contributed by atoms with van der Waals surface area (Å²) in [5.41, 5.74) is 1.94. The van der Waals surface area contributed by atoms with Crippen LogP contribution < -0.4 is 9.80 Å². The molecule has 0 atom stereocenters. The summed E-state index contributed by atoms with van der Waals surface area (Å²) in [5.74, 6) is 0.976. The van der Waals surface area contributed by atoms with Crippen molar-refractivity contribution >= 4 is 29.0 Å². The number of amides is 1. The van der Waals surface area contributed by atoms with Crippen molar-refractivity contribution in [3.05, 3.63) is 54.6 Å². The minimum absolute atomic E-state index is 0.0224. The molecule has 2 aromatic rings. The van der Waals surface area contributed by atoms with Crippen molar-refractivity contribution in [1.82, 2.24) is 0 Å². The number of fused-ring (bicyclic) bond motifs is 1. The van der Waals surface area contributed by atoms with Crippen molar-refractivity contribution in [2.24, 2.45) is 0 Å². The Bertz CT molecular complexity index is 663. The Morgan fingerprint density at radius 1 is 1.13 bits per heavy atom. The summed E-state index contributed by atoms with van der Waals surface area (Å²) >= 11 is 1.79. The van der Waals surface area contributed by atoms with E-state index in [-0.39, 0.29) is 19.1 Å². The van der Waals surface area contributed by atoms with Crippen molar-refractivity contribution in [2.45, 2.75) is 4.90 Å². The SMILES string of the molecule is O=C(CN(CCO)c1ccccc1)N1CCSc2ccccc21. The number of para-hydroxylation sites is 2. The second-order valence-corrected chi connectivity index (χ2v) is 6.48. The summed E-state index contributed by atoms with van der Waals surface area (Å²) in [4.78, 5) is 17.7. The number of aliphatic hydroxyl groups is 1. The van der Waals surface area contributed by atoms with E-state index in [1.54, 1.807) is 11.8 Å². The van der Waals surface area contributed by atoms with Gasteiger partial charge in [0.2, 0.25) is 5.91 Å². The first kappa shape index (κ1) is 15.9. The highest BCUT2D eigenvalue weighted by Gasteiger charge is 2.24. The van der Waals surface area contributed by atoms with Gasteiger partial charge in [-0.25, -0.2) is 0 Å². The molecular weight excluding hydrogens is 308 g/mol. The number of nitrogens with zero attached hydrogens (tertiary/aromatic N) is 2. The van der Waals surface area contributed by atoms with Gasteiger partial charge in [0.1, 0.15) is 0 Å². The maximum atomic E-state index is 12.8. The molecule has 0 spiro atoms. The molecule has 120 valence electrons.